The zero-order chi connectivity index (χ0) is 24.1. The third-order valence-electron chi connectivity index (χ3n) is 7.23. The molecule has 0 aliphatic heterocycles. The molecule has 178 valence electrons. The van der Waals surface area contributed by atoms with Crippen molar-refractivity contribution in [1.29, 1.82) is 0 Å². The monoisotopic (exact) mass is 454 g/mol. The van der Waals surface area contributed by atoms with Gasteiger partial charge in [-0.15, -0.1) is 0 Å². The Morgan fingerprint density at radius 2 is 1.61 bits per heavy atom. The number of rotatable bonds is 6. The molecule has 0 aromatic heterocycles. The van der Waals surface area contributed by atoms with Crippen molar-refractivity contribution in [3.63, 3.8) is 0 Å². The summed E-state index contributed by atoms with van der Waals surface area (Å²) in [5.41, 5.74) is 1.64. The zero-order valence-electron chi connectivity index (χ0n) is 19.9. The number of aliphatic carboxylic acids is 1. The van der Waals surface area contributed by atoms with E-state index in [0.29, 0.717) is 5.92 Å². The molecule has 5 unspecified atom stereocenters. The summed E-state index contributed by atoms with van der Waals surface area (Å²) >= 11 is 0. The summed E-state index contributed by atoms with van der Waals surface area (Å²) in [6.45, 7) is 6.13. The first-order valence-electron chi connectivity index (χ1n) is 11.7. The number of benzene rings is 2. The largest absolute Gasteiger partial charge is 0.481 e. The molecule has 6 nitrogen and oxygen atoms in total. The number of fused-ring (bicyclic) bond motifs is 3. The molecule has 0 radical (unpaired) electrons. The van der Waals surface area contributed by atoms with Crippen molar-refractivity contribution in [3.05, 3.63) is 47.5 Å². The molecule has 33 heavy (non-hydrogen) atoms. The molecule has 4 rings (SSSR count). The van der Waals surface area contributed by atoms with Crippen LogP contribution >= 0.6 is 0 Å². The molecule has 1 N–H and O–H groups in total. The van der Waals surface area contributed by atoms with Gasteiger partial charge in [-0.05, 0) is 58.4 Å². The number of carboxylic acid groups (broad SMARTS) is 1. The third kappa shape index (κ3) is 6.12. The van der Waals surface area contributed by atoms with Gasteiger partial charge in [-0.2, -0.15) is 0 Å². The molecule has 2 aliphatic rings. The lowest BCUT2D eigenvalue weighted by Gasteiger charge is -2.32. The van der Waals surface area contributed by atoms with E-state index < -0.39 is 5.97 Å². The van der Waals surface area contributed by atoms with Crippen molar-refractivity contribution in [2.24, 2.45) is 23.7 Å². The Hall–Kier alpha value is -2.89. The second-order valence-electron chi connectivity index (χ2n) is 9.31. The second kappa shape index (κ2) is 10.8. The topological polar surface area (TPSA) is 89.9 Å². The Morgan fingerprint density at radius 3 is 2.09 bits per heavy atom. The fourth-order valence-corrected chi connectivity index (χ4v) is 5.75. The molecule has 2 fully saturated rings. The number of hydrogen-bond acceptors (Lipinski definition) is 5. The van der Waals surface area contributed by atoms with Crippen LogP contribution in [0.15, 0.2) is 36.4 Å². The van der Waals surface area contributed by atoms with Gasteiger partial charge in [-0.25, -0.2) is 0 Å². The van der Waals surface area contributed by atoms with Crippen LogP contribution in [-0.2, 0) is 36.7 Å². The Balaban J connectivity index is 0.000000194. The maximum Gasteiger partial charge on any atom is 0.309 e. The standard InChI is InChI=1S/C15H14O4.C12H20O2/c1-19-15(18)9-11-3-5-12-6-10(8-14(16)17)2-4-13(12)7-11;1-4-10-7(2)11-5-9(10)6-12(11)14-8(3)13/h2-7H,8-9H2,1H3,(H,16,17);7,9-12H,4-6H2,1-3H3. The van der Waals surface area contributed by atoms with Crippen molar-refractivity contribution in [2.75, 3.05) is 7.11 Å². The van der Waals surface area contributed by atoms with Gasteiger partial charge in [0.25, 0.3) is 0 Å². The second-order valence-corrected chi connectivity index (χ2v) is 9.31. The van der Waals surface area contributed by atoms with Crippen LogP contribution in [-0.4, -0.2) is 36.2 Å². The maximum absolute atomic E-state index is 11.2. The van der Waals surface area contributed by atoms with Crippen LogP contribution in [0.1, 0.15) is 51.2 Å². The van der Waals surface area contributed by atoms with E-state index in [1.54, 1.807) is 6.07 Å². The van der Waals surface area contributed by atoms with E-state index in [4.69, 9.17) is 9.84 Å². The summed E-state index contributed by atoms with van der Waals surface area (Å²) < 4.78 is 9.99. The highest BCUT2D eigenvalue weighted by Gasteiger charge is 2.51. The smallest absolute Gasteiger partial charge is 0.309 e. The SMILES string of the molecule is CCC1C2CC(OC(C)=O)C(C2)C1C.COC(=O)Cc1ccc2cc(CC(=O)O)ccc2c1. The maximum atomic E-state index is 11.2. The Morgan fingerprint density at radius 1 is 1.00 bits per heavy atom. The van der Waals surface area contributed by atoms with E-state index in [9.17, 15) is 14.4 Å². The fraction of sp³-hybridized carbons (Fsp3) is 0.519. The van der Waals surface area contributed by atoms with Gasteiger partial charge >= 0.3 is 17.9 Å². The van der Waals surface area contributed by atoms with Crippen LogP contribution in [0.3, 0.4) is 0 Å². The summed E-state index contributed by atoms with van der Waals surface area (Å²) in [6, 6.07) is 11.2. The molecule has 2 aromatic carbocycles. The predicted octanol–water partition coefficient (Wildman–Crippen LogP) is 4.80. The van der Waals surface area contributed by atoms with Crippen molar-refractivity contribution in [3.8, 4) is 0 Å². The summed E-state index contributed by atoms with van der Waals surface area (Å²) in [6.07, 6.45) is 4.18. The van der Waals surface area contributed by atoms with Crippen LogP contribution in [0.2, 0.25) is 0 Å². The quantitative estimate of drug-likeness (QED) is 0.631. The number of hydrogen-bond donors (Lipinski definition) is 1. The van der Waals surface area contributed by atoms with Crippen LogP contribution in [0.4, 0.5) is 0 Å². The summed E-state index contributed by atoms with van der Waals surface area (Å²) in [4.78, 5) is 32.8. The van der Waals surface area contributed by atoms with Gasteiger partial charge in [0.05, 0.1) is 20.0 Å². The number of carboxylic acids is 1. The molecule has 2 aliphatic carbocycles. The van der Waals surface area contributed by atoms with Crippen molar-refractivity contribution < 1.29 is 29.0 Å². The highest BCUT2D eigenvalue weighted by molar-refractivity contribution is 5.86. The summed E-state index contributed by atoms with van der Waals surface area (Å²) in [5.74, 6) is 1.87. The minimum Gasteiger partial charge on any atom is -0.481 e. The van der Waals surface area contributed by atoms with E-state index in [1.165, 1.54) is 26.9 Å². The summed E-state index contributed by atoms with van der Waals surface area (Å²) in [5, 5.41) is 10.7. The molecule has 6 heteroatoms. The first kappa shape index (κ1) is 24.7. The van der Waals surface area contributed by atoms with Crippen molar-refractivity contribution in [1.82, 2.24) is 0 Å². The van der Waals surface area contributed by atoms with Crippen LogP contribution in [0, 0.1) is 23.7 Å². The van der Waals surface area contributed by atoms with Crippen LogP contribution in [0.25, 0.3) is 10.8 Å². The van der Waals surface area contributed by atoms with Gasteiger partial charge in [-0.3, -0.25) is 14.4 Å². The van der Waals surface area contributed by atoms with E-state index in [-0.39, 0.29) is 30.9 Å². The lowest BCUT2D eigenvalue weighted by Crippen LogP contribution is -2.32. The number of carbonyl (C=O) groups is 3. The van der Waals surface area contributed by atoms with Crippen molar-refractivity contribution in [2.45, 2.75) is 59.0 Å². The molecule has 5 atom stereocenters. The average Bonchev–Trinajstić information content (AvgIpc) is 3.30. The molecule has 0 spiro atoms. The van der Waals surface area contributed by atoms with E-state index >= 15 is 0 Å². The summed E-state index contributed by atoms with van der Waals surface area (Å²) in [7, 11) is 1.36. The fourth-order valence-electron chi connectivity index (χ4n) is 5.75. The Kier molecular flexibility index (Phi) is 8.11. The molecule has 0 amide bonds. The van der Waals surface area contributed by atoms with Gasteiger partial charge in [-0.1, -0.05) is 56.7 Å². The third-order valence-corrected chi connectivity index (χ3v) is 7.23. The van der Waals surface area contributed by atoms with Crippen molar-refractivity contribution >= 4 is 28.7 Å². The molecular formula is C27H34O6. The van der Waals surface area contributed by atoms with Gasteiger partial charge in [0.1, 0.15) is 6.10 Å². The van der Waals surface area contributed by atoms with E-state index in [0.717, 1.165) is 46.1 Å². The van der Waals surface area contributed by atoms with E-state index in [2.05, 4.69) is 18.6 Å². The minimum atomic E-state index is -0.846. The predicted molar refractivity (Wildman–Crippen MR) is 126 cm³/mol. The molecule has 0 saturated heterocycles. The molecule has 2 bridgehead atoms. The first-order valence-corrected chi connectivity index (χ1v) is 11.7. The van der Waals surface area contributed by atoms with Crippen LogP contribution in [0.5, 0.6) is 0 Å². The molecule has 2 aromatic rings. The molecule has 2 saturated carbocycles. The highest BCUT2D eigenvalue weighted by Crippen LogP contribution is 2.54. The average molecular weight is 455 g/mol. The van der Waals surface area contributed by atoms with Crippen LogP contribution < -0.4 is 0 Å². The number of ether oxygens (including phenoxy) is 2. The lowest BCUT2D eigenvalue weighted by molar-refractivity contribution is -0.150. The Labute approximate surface area is 195 Å². The first-order chi connectivity index (χ1) is 15.7. The van der Waals surface area contributed by atoms with E-state index in [1.807, 2.05) is 30.3 Å². The van der Waals surface area contributed by atoms with Gasteiger partial charge in [0, 0.05) is 6.92 Å². The normalized spacial score (nSPS) is 25.3. The highest BCUT2D eigenvalue weighted by atomic mass is 16.5. The van der Waals surface area contributed by atoms with Gasteiger partial charge in [0.2, 0.25) is 0 Å². The number of methoxy groups -OCH3 is 1. The minimum absolute atomic E-state index is 0.0137. The van der Waals surface area contributed by atoms with Gasteiger partial charge in [0.15, 0.2) is 0 Å². The molecular weight excluding hydrogens is 420 g/mol. The molecule has 0 heterocycles. The zero-order valence-corrected chi connectivity index (χ0v) is 19.9. The lowest BCUT2D eigenvalue weighted by atomic mass is 9.78. The number of esters is 2. The number of carbonyl (C=O) groups excluding carboxylic acids is 2. The Bertz CT molecular complexity index is 1010. The van der Waals surface area contributed by atoms with Gasteiger partial charge < -0.3 is 14.6 Å².